The molecule has 0 spiro atoms. The van der Waals surface area contributed by atoms with Gasteiger partial charge >= 0.3 is 0 Å². The Balaban J connectivity index is 1.34. The second-order valence-corrected chi connectivity index (χ2v) is 9.12. The van der Waals surface area contributed by atoms with Gasteiger partial charge in [-0.3, -0.25) is 9.79 Å². The summed E-state index contributed by atoms with van der Waals surface area (Å²) < 4.78 is 6.10. The van der Waals surface area contributed by atoms with Crippen molar-refractivity contribution in [2.45, 2.75) is 45.8 Å². The Morgan fingerprint density at radius 1 is 1.03 bits per heavy atom. The number of aryl methyl sites for hydroxylation is 2. The molecule has 1 amide bonds. The number of nitrogens with one attached hydrogen (secondary N) is 1. The summed E-state index contributed by atoms with van der Waals surface area (Å²) in [5, 5.41) is 3.49. The monoisotopic (exact) mass is 448 g/mol. The van der Waals surface area contributed by atoms with E-state index in [4.69, 9.17) is 4.74 Å². The maximum Gasteiger partial charge on any atom is 0.253 e. The number of piperidine rings is 1. The van der Waals surface area contributed by atoms with Gasteiger partial charge in [0.1, 0.15) is 6.10 Å². The fourth-order valence-electron chi connectivity index (χ4n) is 4.77. The third-order valence-electron chi connectivity index (χ3n) is 6.64. The van der Waals surface area contributed by atoms with E-state index in [1.807, 2.05) is 36.2 Å². The number of carbonyl (C=O) groups is 1. The number of carbonyl (C=O) groups excluding carboxylic acids is 1. The van der Waals surface area contributed by atoms with E-state index in [9.17, 15) is 4.79 Å². The van der Waals surface area contributed by atoms with Crippen LogP contribution in [0, 0.1) is 13.8 Å². The highest BCUT2D eigenvalue weighted by Crippen LogP contribution is 2.26. The Labute approximate surface area is 197 Å². The molecule has 2 aromatic carbocycles. The van der Waals surface area contributed by atoms with Gasteiger partial charge in [0.25, 0.3) is 5.91 Å². The zero-order valence-electron chi connectivity index (χ0n) is 20.1. The standard InChI is InChI=1S/C27H36N4O2/c1-20-7-12-24(21(2)17-20)25-19-31(15-16-33-25)27(28-3)29-18-22-8-10-23(11-9-22)26(32)30-13-5-4-6-14-30/h7-12,17,25H,4-6,13-16,18-19H2,1-3H3,(H,28,29). The van der Waals surface area contributed by atoms with Crippen LogP contribution >= 0.6 is 0 Å². The number of guanidine groups is 1. The summed E-state index contributed by atoms with van der Waals surface area (Å²) in [7, 11) is 1.82. The van der Waals surface area contributed by atoms with Gasteiger partial charge in [0, 0.05) is 38.8 Å². The Bertz CT molecular complexity index is 980. The number of benzene rings is 2. The van der Waals surface area contributed by atoms with Crippen molar-refractivity contribution in [1.82, 2.24) is 15.1 Å². The Hall–Kier alpha value is -2.86. The number of amides is 1. The van der Waals surface area contributed by atoms with Crippen molar-refractivity contribution >= 4 is 11.9 Å². The molecule has 1 atom stereocenters. The zero-order chi connectivity index (χ0) is 23.2. The summed E-state index contributed by atoms with van der Waals surface area (Å²) in [6, 6.07) is 14.5. The lowest BCUT2D eigenvalue weighted by Crippen LogP contribution is -2.48. The Morgan fingerprint density at radius 2 is 1.79 bits per heavy atom. The highest BCUT2D eigenvalue weighted by Gasteiger charge is 2.25. The zero-order valence-corrected chi connectivity index (χ0v) is 20.1. The normalized spacial score (nSPS) is 19.5. The molecule has 0 bridgehead atoms. The van der Waals surface area contributed by atoms with E-state index < -0.39 is 0 Å². The molecule has 0 saturated carbocycles. The molecule has 6 heteroatoms. The molecule has 2 heterocycles. The lowest BCUT2D eigenvalue weighted by molar-refractivity contribution is -0.00834. The third-order valence-corrected chi connectivity index (χ3v) is 6.64. The van der Waals surface area contributed by atoms with E-state index in [2.05, 4.69) is 47.3 Å². The molecule has 1 N–H and O–H groups in total. The molecule has 176 valence electrons. The number of likely N-dealkylation sites (tertiary alicyclic amines) is 1. The first kappa shape index (κ1) is 23.3. The largest absolute Gasteiger partial charge is 0.370 e. The van der Waals surface area contributed by atoms with Crippen LogP contribution < -0.4 is 5.32 Å². The fraction of sp³-hybridized carbons (Fsp3) is 0.481. The molecule has 6 nitrogen and oxygen atoms in total. The molecular weight excluding hydrogens is 412 g/mol. The topological polar surface area (TPSA) is 57.2 Å². The number of morpholine rings is 1. The highest BCUT2D eigenvalue weighted by molar-refractivity contribution is 5.94. The molecule has 2 fully saturated rings. The van der Waals surface area contributed by atoms with Gasteiger partial charge in [0.15, 0.2) is 5.96 Å². The van der Waals surface area contributed by atoms with Crippen LogP contribution in [-0.4, -0.2) is 61.5 Å². The molecule has 2 aliphatic rings. The van der Waals surface area contributed by atoms with Crippen LogP contribution in [0.5, 0.6) is 0 Å². The van der Waals surface area contributed by atoms with Crippen LogP contribution in [0.4, 0.5) is 0 Å². The van der Waals surface area contributed by atoms with E-state index in [0.29, 0.717) is 13.2 Å². The summed E-state index contributed by atoms with van der Waals surface area (Å²) in [4.78, 5) is 21.4. The predicted molar refractivity (Wildman–Crippen MR) is 133 cm³/mol. The molecule has 2 saturated heterocycles. The van der Waals surface area contributed by atoms with Crippen molar-refractivity contribution in [3.05, 3.63) is 70.3 Å². The number of hydrogen-bond donors (Lipinski definition) is 1. The molecule has 0 aliphatic carbocycles. The van der Waals surface area contributed by atoms with Crippen LogP contribution in [0.2, 0.25) is 0 Å². The number of ether oxygens (including phenoxy) is 1. The Morgan fingerprint density at radius 3 is 2.48 bits per heavy atom. The lowest BCUT2D eigenvalue weighted by Gasteiger charge is -2.36. The molecule has 4 rings (SSSR count). The minimum absolute atomic E-state index is 0.0398. The van der Waals surface area contributed by atoms with Crippen molar-refractivity contribution in [2.75, 3.05) is 39.8 Å². The molecule has 0 aromatic heterocycles. The molecule has 0 radical (unpaired) electrons. The predicted octanol–water partition coefficient (Wildman–Crippen LogP) is 4.08. The second-order valence-electron chi connectivity index (χ2n) is 9.12. The van der Waals surface area contributed by atoms with Crippen LogP contribution in [0.15, 0.2) is 47.5 Å². The van der Waals surface area contributed by atoms with E-state index >= 15 is 0 Å². The maximum atomic E-state index is 12.7. The fourth-order valence-corrected chi connectivity index (χ4v) is 4.77. The van der Waals surface area contributed by atoms with Gasteiger partial charge in [0.05, 0.1) is 13.2 Å². The summed E-state index contributed by atoms with van der Waals surface area (Å²) in [5.41, 5.74) is 5.68. The summed E-state index contributed by atoms with van der Waals surface area (Å²) >= 11 is 0. The van der Waals surface area contributed by atoms with E-state index in [1.54, 1.807) is 0 Å². The van der Waals surface area contributed by atoms with Crippen molar-refractivity contribution in [1.29, 1.82) is 0 Å². The first-order valence-electron chi connectivity index (χ1n) is 12.1. The van der Waals surface area contributed by atoms with Gasteiger partial charge in [-0.25, -0.2) is 0 Å². The summed E-state index contributed by atoms with van der Waals surface area (Å²) in [6.07, 6.45) is 3.49. The number of hydrogen-bond acceptors (Lipinski definition) is 3. The number of rotatable bonds is 4. The van der Waals surface area contributed by atoms with Gasteiger partial charge in [-0.1, -0.05) is 35.9 Å². The summed E-state index contributed by atoms with van der Waals surface area (Å²) in [5.74, 6) is 1.03. The smallest absolute Gasteiger partial charge is 0.253 e. The first-order valence-corrected chi connectivity index (χ1v) is 12.1. The molecular formula is C27H36N4O2. The van der Waals surface area contributed by atoms with Crippen LogP contribution in [-0.2, 0) is 11.3 Å². The first-order chi connectivity index (χ1) is 16.0. The lowest BCUT2D eigenvalue weighted by atomic mass is 10.00. The van der Waals surface area contributed by atoms with E-state index in [-0.39, 0.29) is 12.0 Å². The third kappa shape index (κ3) is 5.74. The van der Waals surface area contributed by atoms with Crippen LogP contribution in [0.25, 0.3) is 0 Å². The summed E-state index contributed by atoms with van der Waals surface area (Å²) in [6.45, 7) is 8.94. The van der Waals surface area contributed by atoms with Crippen molar-refractivity contribution in [3.8, 4) is 0 Å². The molecule has 33 heavy (non-hydrogen) atoms. The van der Waals surface area contributed by atoms with Crippen molar-refractivity contribution in [3.63, 3.8) is 0 Å². The van der Waals surface area contributed by atoms with Gasteiger partial charge < -0.3 is 19.9 Å². The number of nitrogens with zero attached hydrogens (tertiary/aromatic N) is 3. The van der Waals surface area contributed by atoms with Crippen molar-refractivity contribution < 1.29 is 9.53 Å². The molecule has 1 unspecified atom stereocenters. The minimum Gasteiger partial charge on any atom is -0.370 e. The molecule has 2 aromatic rings. The quantitative estimate of drug-likeness (QED) is 0.566. The van der Waals surface area contributed by atoms with Crippen LogP contribution in [0.1, 0.15) is 58.0 Å². The van der Waals surface area contributed by atoms with Gasteiger partial charge in [-0.15, -0.1) is 0 Å². The Kier molecular flexibility index (Phi) is 7.65. The van der Waals surface area contributed by atoms with Gasteiger partial charge in [-0.05, 0) is 61.9 Å². The SMILES string of the molecule is CN=C(NCc1ccc(C(=O)N2CCCCC2)cc1)N1CCOC(c2ccc(C)cc2C)C1. The van der Waals surface area contributed by atoms with Crippen molar-refractivity contribution in [2.24, 2.45) is 4.99 Å². The highest BCUT2D eigenvalue weighted by atomic mass is 16.5. The average Bonchev–Trinajstić information content (AvgIpc) is 2.85. The average molecular weight is 449 g/mol. The minimum atomic E-state index is 0.0398. The van der Waals surface area contributed by atoms with E-state index in [0.717, 1.165) is 56.1 Å². The number of aliphatic imine (C=N–C) groups is 1. The molecule has 2 aliphatic heterocycles. The van der Waals surface area contributed by atoms with E-state index in [1.165, 1.54) is 23.1 Å². The van der Waals surface area contributed by atoms with Gasteiger partial charge in [-0.2, -0.15) is 0 Å². The van der Waals surface area contributed by atoms with Gasteiger partial charge in [0.2, 0.25) is 0 Å². The maximum absolute atomic E-state index is 12.7. The van der Waals surface area contributed by atoms with Crippen LogP contribution in [0.3, 0.4) is 0 Å². The second kappa shape index (κ2) is 10.8.